The predicted octanol–water partition coefficient (Wildman–Crippen LogP) is -0.00770. The van der Waals surface area contributed by atoms with Crippen molar-refractivity contribution in [1.29, 1.82) is 0 Å². The molecule has 7 nitrogen and oxygen atoms in total. The van der Waals surface area contributed by atoms with Crippen LogP contribution >= 0.6 is 0 Å². The molecule has 1 aliphatic rings. The van der Waals surface area contributed by atoms with E-state index < -0.39 is 30.7 Å². The summed E-state index contributed by atoms with van der Waals surface area (Å²) in [6.45, 7) is 0.666. The highest BCUT2D eigenvalue weighted by Gasteiger charge is 2.54. The van der Waals surface area contributed by atoms with Gasteiger partial charge >= 0.3 is 0 Å². The molecule has 3 heterocycles. The van der Waals surface area contributed by atoms with Crippen LogP contribution in [0.15, 0.2) is 18.6 Å². The third-order valence-electron chi connectivity index (χ3n) is 3.60. The van der Waals surface area contributed by atoms with Gasteiger partial charge in [-0.15, -0.1) is 0 Å². The van der Waals surface area contributed by atoms with Crippen LogP contribution in [0.3, 0.4) is 0 Å². The first-order valence-corrected chi connectivity index (χ1v) is 6.08. The Morgan fingerprint density at radius 2 is 2.40 bits per heavy atom. The van der Waals surface area contributed by atoms with E-state index >= 15 is 0 Å². The molecule has 0 spiro atoms. The van der Waals surface area contributed by atoms with E-state index in [1.165, 1.54) is 24.0 Å². The Hall–Kier alpha value is -1.77. The summed E-state index contributed by atoms with van der Waals surface area (Å²) in [6.07, 6.45) is -1.22. The molecule has 1 saturated heterocycles. The first-order chi connectivity index (χ1) is 9.87. The Labute approximate surface area is 115 Å². The number of alkyl halides is 1. The van der Waals surface area contributed by atoms with Crippen LogP contribution in [-0.2, 0) is 4.74 Å². The van der Waals surface area contributed by atoms with Crippen molar-refractivity contribution in [3.8, 4) is 0 Å². The number of ether oxygens (including phenoxy) is 1. The highest BCUT2D eigenvalue weighted by molar-refractivity contribution is 5.86. The summed E-state index contributed by atoms with van der Waals surface area (Å²) >= 11 is 0. The lowest BCUT2D eigenvalue weighted by Gasteiger charge is -2.25. The number of anilines is 1. The van der Waals surface area contributed by atoms with E-state index in [9.17, 15) is 9.50 Å². The molecule has 0 saturated carbocycles. The van der Waals surface area contributed by atoms with Gasteiger partial charge in [0.1, 0.15) is 30.0 Å². The van der Waals surface area contributed by atoms with Crippen LogP contribution in [-0.4, -0.2) is 49.2 Å². The molecule has 0 aromatic carbocycles. The number of nitrogens with zero attached hydrogens (tertiary/aromatic N) is 3. The molecule has 4 atom stereocenters. The lowest BCUT2D eigenvalue weighted by atomic mass is 9.98. The smallest absolute Gasteiger partial charge is 0.181 e. The summed E-state index contributed by atoms with van der Waals surface area (Å²) in [5.74, 6) is 0.113. The van der Waals surface area contributed by atoms with Crippen molar-refractivity contribution in [2.45, 2.75) is 31.0 Å². The first kappa shape index (κ1) is 12.0. The molecule has 0 bridgehead atoms. The van der Waals surface area contributed by atoms with Crippen LogP contribution in [0.5, 0.6) is 0 Å². The summed E-state index contributed by atoms with van der Waals surface area (Å²) in [5, 5.41) is 19.3. The maximum absolute atomic E-state index is 14.8. The zero-order valence-electron chi connectivity index (χ0n) is 11.7. The van der Waals surface area contributed by atoms with Crippen LogP contribution in [0.4, 0.5) is 10.2 Å². The lowest BCUT2D eigenvalue weighted by Crippen LogP contribution is -2.40. The molecule has 0 aliphatic carbocycles. The molecule has 108 valence electrons. The minimum atomic E-state index is -2.15. The van der Waals surface area contributed by atoms with Gasteiger partial charge in [-0.1, -0.05) is 0 Å². The second kappa shape index (κ2) is 4.37. The predicted molar refractivity (Wildman–Crippen MR) is 68.5 cm³/mol. The number of aliphatic hydroxyl groups excluding tert-OH is 2. The Balaban J connectivity index is 2.15. The fourth-order valence-electron chi connectivity index (χ4n) is 2.46. The van der Waals surface area contributed by atoms with Crippen LogP contribution in [0.1, 0.15) is 14.5 Å². The van der Waals surface area contributed by atoms with E-state index in [-0.39, 0.29) is 17.5 Å². The van der Waals surface area contributed by atoms with Gasteiger partial charge in [-0.05, 0) is 13.0 Å². The second-order valence-electron chi connectivity index (χ2n) is 4.94. The zero-order chi connectivity index (χ0) is 15.4. The standard InChI is InChI=1S/C12H15FN4O3/c1-12(13)8(19)7(4-18)20-11(12)17-3-2-6-9(14)15-5-16-10(6)17/h2-3,5,7-8,11,18-19H,4H2,1H3,(H2,14,15,16)/t7-,8?,11-,12-/m1/s1/i2T. The number of nitrogens with two attached hydrogens (primary N) is 1. The summed E-state index contributed by atoms with van der Waals surface area (Å²) in [4.78, 5) is 7.81. The van der Waals surface area contributed by atoms with Crippen LogP contribution < -0.4 is 5.73 Å². The number of halogens is 1. The highest BCUT2D eigenvalue weighted by Crippen LogP contribution is 2.42. The van der Waals surface area contributed by atoms with Gasteiger partial charge in [0, 0.05) is 6.20 Å². The quantitative estimate of drug-likeness (QED) is 0.716. The maximum Gasteiger partial charge on any atom is 0.181 e. The summed E-state index contributed by atoms with van der Waals surface area (Å²) in [7, 11) is 0. The molecule has 1 fully saturated rings. The molecule has 2 aromatic rings. The number of rotatable bonds is 2. The van der Waals surface area contributed by atoms with E-state index in [0.29, 0.717) is 5.39 Å². The summed E-state index contributed by atoms with van der Waals surface area (Å²) in [5.41, 5.74) is 3.80. The zero-order valence-corrected chi connectivity index (χ0v) is 10.7. The van der Waals surface area contributed by atoms with Gasteiger partial charge in [0.15, 0.2) is 11.9 Å². The number of hydrogen-bond acceptors (Lipinski definition) is 6. The molecule has 8 heteroatoms. The fraction of sp³-hybridized carbons (Fsp3) is 0.500. The van der Waals surface area contributed by atoms with Crippen molar-refractivity contribution in [2.24, 2.45) is 0 Å². The molecule has 1 unspecified atom stereocenters. The van der Waals surface area contributed by atoms with Crippen LogP contribution in [0, 0.1) is 0 Å². The highest BCUT2D eigenvalue weighted by atomic mass is 19.1. The van der Waals surface area contributed by atoms with Gasteiger partial charge in [-0.3, -0.25) is 0 Å². The van der Waals surface area contributed by atoms with Gasteiger partial charge in [0.2, 0.25) is 0 Å². The number of hydrogen-bond donors (Lipinski definition) is 3. The average Bonchev–Trinajstić information content (AvgIpc) is 2.87. The fourth-order valence-corrected chi connectivity index (χ4v) is 2.46. The van der Waals surface area contributed by atoms with E-state index in [1.807, 2.05) is 0 Å². The molecule has 20 heavy (non-hydrogen) atoms. The molecule has 2 aromatic heterocycles. The van der Waals surface area contributed by atoms with E-state index in [0.717, 1.165) is 0 Å². The molecule has 0 radical (unpaired) electrons. The van der Waals surface area contributed by atoms with Crippen molar-refractivity contribution < 1.29 is 20.7 Å². The van der Waals surface area contributed by atoms with Gasteiger partial charge in [0.25, 0.3) is 0 Å². The second-order valence-corrected chi connectivity index (χ2v) is 4.94. The molecular formula is C12H15FN4O3. The molecular weight excluding hydrogens is 267 g/mol. The molecule has 4 N–H and O–H groups in total. The average molecular weight is 284 g/mol. The molecule has 3 rings (SSSR count). The van der Waals surface area contributed by atoms with Crippen LogP contribution in [0.2, 0.25) is 0 Å². The Morgan fingerprint density at radius 3 is 3.05 bits per heavy atom. The van der Waals surface area contributed by atoms with Gasteiger partial charge in [0.05, 0.1) is 13.4 Å². The number of nitrogen functional groups attached to an aromatic ring is 1. The van der Waals surface area contributed by atoms with Crippen molar-refractivity contribution in [1.82, 2.24) is 14.5 Å². The Morgan fingerprint density at radius 1 is 1.65 bits per heavy atom. The van der Waals surface area contributed by atoms with Gasteiger partial charge in [-0.2, -0.15) is 0 Å². The SMILES string of the molecule is [3H]c1cn([C@@H]2O[C@H](CO)C(O)[C@@]2(C)F)c2ncnc(N)c12. The van der Waals surface area contributed by atoms with Crippen LogP contribution in [0.25, 0.3) is 11.0 Å². The van der Waals surface area contributed by atoms with E-state index in [2.05, 4.69) is 9.97 Å². The number of fused-ring (bicyclic) bond motifs is 1. The van der Waals surface area contributed by atoms with Crippen molar-refractivity contribution in [3.05, 3.63) is 18.6 Å². The summed E-state index contributed by atoms with van der Waals surface area (Å²) < 4.78 is 29.4. The van der Waals surface area contributed by atoms with E-state index in [4.69, 9.17) is 16.9 Å². The van der Waals surface area contributed by atoms with E-state index in [1.54, 1.807) is 0 Å². The van der Waals surface area contributed by atoms with Crippen molar-refractivity contribution in [3.63, 3.8) is 0 Å². The Kier molecular flexibility index (Phi) is 2.62. The van der Waals surface area contributed by atoms with Gasteiger partial charge < -0.3 is 25.3 Å². The Bertz CT molecular complexity index is 692. The molecule has 1 aliphatic heterocycles. The first-order valence-electron chi connectivity index (χ1n) is 6.58. The third kappa shape index (κ3) is 1.69. The third-order valence-corrected chi connectivity index (χ3v) is 3.60. The monoisotopic (exact) mass is 284 g/mol. The largest absolute Gasteiger partial charge is 0.394 e. The molecule has 0 amide bonds. The summed E-state index contributed by atoms with van der Waals surface area (Å²) in [6, 6.07) is 0.0319. The minimum Gasteiger partial charge on any atom is -0.394 e. The maximum atomic E-state index is 14.8. The lowest BCUT2D eigenvalue weighted by molar-refractivity contribution is -0.0564. The van der Waals surface area contributed by atoms with Crippen molar-refractivity contribution in [2.75, 3.05) is 12.3 Å². The number of aromatic nitrogens is 3. The topological polar surface area (TPSA) is 106 Å². The van der Waals surface area contributed by atoms with Gasteiger partial charge in [-0.25, -0.2) is 14.4 Å². The normalized spacial score (nSPS) is 34.6. The number of aliphatic hydroxyl groups is 2. The van der Waals surface area contributed by atoms with Crippen molar-refractivity contribution >= 4 is 16.9 Å². The minimum absolute atomic E-state index is 0.0319.